The van der Waals surface area contributed by atoms with Gasteiger partial charge < -0.3 is 14.8 Å². The lowest BCUT2D eigenvalue weighted by Crippen LogP contribution is -2.51. The van der Waals surface area contributed by atoms with E-state index in [1.807, 2.05) is 24.8 Å². The van der Waals surface area contributed by atoms with Crippen molar-refractivity contribution in [2.45, 2.75) is 32.2 Å². The summed E-state index contributed by atoms with van der Waals surface area (Å²) in [5.41, 5.74) is 5.14. The van der Waals surface area contributed by atoms with Crippen molar-refractivity contribution in [3.63, 3.8) is 0 Å². The fourth-order valence-electron chi connectivity index (χ4n) is 4.96. The number of para-hydroxylation sites is 2. The van der Waals surface area contributed by atoms with E-state index in [1.54, 1.807) is 4.52 Å². The number of hydrogen-bond acceptors (Lipinski definition) is 5. The fraction of sp³-hybridized carbons (Fsp3) is 0.304. The van der Waals surface area contributed by atoms with E-state index >= 15 is 0 Å². The third-order valence-electron chi connectivity index (χ3n) is 6.49. The van der Waals surface area contributed by atoms with E-state index in [0.717, 1.165) is 29.9 Å². The number of carbonyl (C=O) groups is 1. The molecule has 1 fully saturated rings. The van der Waals surface area contributed by atoms with Crippen LogP contribution in [-0.4, -0.2) is 48.0 Å². The quantitative estimate of drug-likeness (QED) is 0.519. The molecule has 1 N–H and O–H groups in total. The molecule has 31 heavy (non-hydrogen) atoms. The van der Waals surface area contributed by atoms with E-state index < -0.39 is 0 Å². The largest absolute Gasteiger partial charge is 0.372 e. The molecule has 0 aliphatic carbocycles. The van der Waals surface area contributed by atoms with Crippen LogP contribution < -0.4 is 5.32 Å². The Kier molecular flexibility index (Phi) is 3.74. The average Bonchev–Trinajstić information content (AvgIpc) is 3.42. The van der Waals surface area contributed by atoms with Gasteiger partial charge in [-0.25, -0.2) is 9.50 Å². The Bertz CT molecular complexity index is 1330. The maximum Gasteiger partial charge on any atom is 0.293 e. The van der Waals surface area contributed by atoms with Crippen LogP contribution in [0.1, 0.15) is 40.5 Å². The summed E-state index contributed by atoms with van der Waals surface area (Å²) in [6, 6.07) is 14.6. The van der Waals surface area contributed by atoms with Crippen molar-refractivity contribution < 1.29 is 4.79 Å². The third kappa shape index (κ3) is 2.67. The van der Waals surface area contributed by atoms with Crippen molar-refractivity contribution in [1.82, 2.24) is 29.0 Å². The fourth-order valence-corrected chi connectivity index (χ4v) is 4.96. The van der Waals surface area contributed by atoms with Gasteiger partial charge in [0.05, 0.1) is 16.9 Å². The summed E-state index contributed by atoms with van der Waals surface area (Å²) in [6.07, 6.45) is 3.76. The lowest BCUT2D eigenvalue weighted by atomic mass is 9.82. The predicted molar refractivity (Wildman–Crippen MR) is 116 cm³/mol. The Labute approximate surface area is 179 Å². The first kappa shape index (κ1) is 18.1. The molecule has 8 heteroatoms. The molecule has 156 valence electrons. The molecule has 8 nitrogen and oxygen atoms in total. The number of aryl methyl sites for hydroxylation is 2. The zero-order valence-electron chi connectivity index (χ0n) is 17.5. The SMILES string of the molecule is Cc1cc(C)n2nc(C(=O)N3CCC4(CC3)Nc3ccccc3-n3cccc34)nc2n1. The number of fused-ring (bicyclic) bond motifs is 5. The number of piperidine rings is 1. The Morgan fingerprint density at radius 1 is 1.06 bits per heavy atom. The number of carbonyl (C=O) groups excluding carboxylic acids is 1. The molecule has 0 unspecified atom stereocenters. The first-order valence-corrected chi connectivity index (χ1v) is 10.6. The molecule has 1 spiro atoms. The van der Waals surface area contributed by atoms with Crippen LogP contribution in [0, 0.1) is 13.8 Å². The van der Waals surface area contributed by atoms with Gasteiger partial charge in [0.1, 0.15) is 0 Å². The van der Waals surface area contributed by atoms with Crippen LogP contribution in [0.25, 0.3) is 11.5 Å². The second kappa shape index (κ2) is 6.41. The van der Waals surface area contributed by atoms with Gasteiger partial charge in [0.2, 0.25) is 5.82 Å². The van der Waals surface area contributed by atoms with Crippen molar-refractivity contribution >= 4 is 17.4 Å². The summed E-state index contributed by atoms with van der Waals surface area (Å²) in [4.78, 5) is 23.8. The van der Waals surface area contributed by atoms with Crippen LogP contribution in [-0.2, 0) is 5.54 Å². The van der Waals surface area contributed by atoms with E-state index in [9.17, 15) is 4.79 Å². The minimum atomic E-state index is -0.184. The maximum atomic E-state index is 13.2. The topological polar surface area (TPSA) is 80.4 Å². The minimum absolute atomic E-state index is 0.135. The molecule has 3 aromatic heterocycles. The molecule has 6 rings (SSSR count). The minimum Gasteiger partial charge on any atom is -0.372 e. The number of nitrogens with zero attached hydrogens (tertiary/aromatic N) is 6. The van der Waals surface area contributed by atoms with Gasteiger partial charge in [-0.1, -0.05) is 12.1 Å². The number of hydrogen-bond donors (Lipinski definition) is 1. The number of anilines is 1. The maximum absolute atomic E-state index is 13.2. The van der Waals surface area contributed by atoms with Gasteiger partial charge in [0, 0.05) is 36.4 Å². The molecule has 0 radical (unpaired) electrons. The highest BCUT2D eigenvalue weighted by Crippen LogP contribution is 2.43. The first-order chi connectivity index (χ1) is 15.0. The highest BCUT2D eigenvalue weighted by Gasteiger charge is 2.42. The zero-order chi connectivity index (χ0) is 21.2. The summed E-state index contributed by atoms with van der Waals surface area (Å²) < 4.78 is 3.90. The Morgan fingerprint density at radius 2 is 1.87 bits per heavy atom. The highest BCUT2D eigenvalue weighted by molar-refractivity contribution is 5.91. The normalized spacial score (nSPS) is 16.8. The van der Waals surface area contributed by atoms with E-state index in [2.05, 4.69) is 67.5 Å². The molecule has 0 bridgehead atoms. The second-order valence-corrected chi connectivity index (χ2v) is 8.47. The predicted octanol–water partition coefficient (Wildman–Crippen LogP) is 3.09. The van der Waals surface area contributed by atoms with Gasteiger partial charge in [-0.3, -0.25) is 4.79 Å². The lowest BCUT2D eigenvalue weighted by molar-refractivity contribution is 0.0664. The number of rotatable bonds is 1. The second-order valence-electron chi connectivity index (χ2n) is 8.47. The van der Waals surface area contributed by atoms with Crippen molar-refractivity contribution in [2.24, 2.45) is 0 Å². The smallest absolute Gasteiger partial charge is 0.293 e. The van der Waals surface area contributed by atoms with E-state index in [0.29, 0.717) is 18.9 Å². The highest BCUT2D eigenvalue weighted by atomic mass is 16.2. The van der Waals surface area contributed by atoms with E-state index in [4.69, 9.17) is 0 Å². The van der Waals surface area contributed by atoms with E-state index in [-0.39, 0.29) is 17.3 Å². The molecule has 1 saturated heterocycles. The molecular formula is C23H23N7O. The number of benzene rings is 1. The van der Waals surface area contributed by atoms with Crippen molar-refractivity contribution in [1.29, 1.82) is 0 Å². The molecular weight excluding hydrogens is 390 g/mol. The molecule has 1 aromatic carbocycles. The zero-order valence-corrected chi connectivity index (χ0v) is 17.5. The van der Waals surface area contributed by atoms with Crippen LogP contribution >= 0.6 is 0 Å². The van der Waals surface area contributed by atoms with Crippen LogP contribution in [0.3, 0.4) is 0 Å². The molecule has 5 heterocycles. The molecule has 4 aromatic rings. The number of aromatic nitrogens is 5. The Balaban J connectivity index is 1.27. The molecule has 0 atom stereocenters. The van der Waals surface area contributed by atoms with Gasteiger partial charge in [-0.15, -0.1) is 5.10 Å². The van der Waals surface area contributed by atoms with Gasteiger partial charge in [0.15, 0.2) is 0 Å². The third-order valence-corrected chi connectivity index (χ3v) is 6.49. The van der Waals surface area contributed by atoms with Crippen molar-refractivity contribution in [3.05, 3.63) is 71.6 Å². The van der Waals surface area contributed by atoms with Gasteiger partial charge >= 0.3 is 0 Å². The molecule has 2 aliphatic rings. The number of amides is 1. The Morgan fingerprint density at radius 3 is 2.71 bits per heavy atom. The Hall–Kier alpha value is -3.68. The van der Waals surface area contributed by atoms with Crippen LogP contribution in [0.4, 0.5) is 5.69 Å². The summed E-state index contributed by atoms with van der Waals surface area (Å²) in [7, 11) is 0. The summed E-state index contributed by atoms with van der Waals surface area (Å²) in [5.74, 6) is 0.546. The lowest BCUT2D eigenvalue weighted by Gasteiger charge is -2.46. The van der Waals surface area contributed by atoms with Gasteiger partial charge in [-0.2, -0.15) is 4.98 Å². The van der Waals surface area contributed by atoms with Gasteiger partial charge in [0.25, 0.3) is 11.7 Å². The van der Waals surface area contributed by atoms with Crippen LogP contribution in [0.15, 0.2) is 48.7 Å². The van der Waals surface area contributed by atoms with Crippen molar-refractivity contribution in [3.8, 4) is 5.69 Å². The van der Waals surface area contributed by atoms with Crippen LogP contribution in [0.5, 0.6) is 0 Å². The summed E-state index contributed by atoms with van der Waals surface area (Å²) in [5, 5.41) is 8.21. The number of nitrogens with one attached hydrogen (secondary N) is 1. The van der Waals surface area contributed by atoms with Crippen LogP contribution in [0.2, 0.25) is 0 Å². The standard InChI is InChI=1S/C23H23N7O/c1-15-14-16(2)30-22(24-15)25-20(27-30)21(31)28-12-9-23(10-13-28)19-8-5-11-29(19)18-7-4-3-6-17(18)26-23/h3-8,11,14,26H,9-10,12-13H2,1-2H3. The molecule has 1 amide bonds. The van der Waals surface area contributed by atoms with Crippen molar-refractivity contribution in [2.75, 3.05) is 18.4 Å². The summed E-state index contributed by atoms with van der Waals surface area (Å²) in [6.45, 7) is 5.13. The van der Waals surface area contributed by atoms with E-state index in [1.165, 1.54) is 11.4 Å². The summed E-state index contributed by atoms with van der Waals surface area (Å²) >= 11 is 0. The number of likely N-dealkylation sites (tertiary alicyclic amines) is 1. The van der Waals surface area contributed by atoms with Gasteiger partial charge in [-0.05, 0) is 57.0 Å². The molecule has 0 saturated carbocycles. The monoisotopic (exact) mass is 413 g/mol. The first-order valence-electron chi connectivity index (χ1n) is 10.6. The average molecular weight is 413 g/mol. The molecule has 2 aliphatic heterocycles.